The summed E-state index contributed by atoms with van der Waals surface area (Å²) in [5, 5.41) is 25.6. The van der Waals surface area contributed by atoms with Gasteiger partial charge in [-0.05, 0) is 127 Å². The number of aliphatic hydroxyl groups is 2. The van der Waals surface area contributed by atoms with Crippen molar-refractivity contribution in [2.75, 3.05) is 18.9 Å². The Bertz CT molecular complexity index is 2030. The third-order valence-corrected chi connectivity index (χ3v) is 18.9. The quantitative estimate of drug-likeness (QED) is 0.0745. The summed E-state index contributed by atoms with van der Waals surface area (Å²) in [6, 6.07) is 28.0. The van der Waals surface area contributed by atoms with E-state index in [-0.39, 0.29) is 80.4 Å². The van der Waals surface area contributed by atoms with Crippen LogP contribution in [0.2, 0.25) is 0 Å². The number of nitrogens with one attached hydrogen (secondary N) is 1. The summed E-state index contributed by atoms with van der Waals surface area (Å²) in [5.41, 5.74) is 2.49. The Hall–Kier alpha value is -3.82. The molecule has 0 aliphatic heterocycles. The fourth-order valence-corrected chi connectivity index (χ4v) is 15.1. The van der Waals surface area contributed by atoms with Crippen LogP contribution in [0.1, 0.15) is 115 Å². The van der Waals surface area contributed by atoms with E-state index in [1.807, 2.05) is 91.0 Å². The van der Waals surface area contributed by atoms with E-state index in [9.17, 15) is 29.2 Å². The van der Waals surface area contributed by atoms with Crippen LogP contribution in [0, 0.1) is 52.3 Å². The van der Waals surface area contributed by atoms with Crippen molar-refractivity contribution in [3.8, 4) is 0 Å². The standard InChI is InChI=1S/C53H72NO9P/c1-37(45-22-23-46-44-21-20-42-31-43(55)25-28-52(42,2)47(44)32-48(56)53(45,46)3)26-29-54-49(57)27-30-64(60,63-35-40-17-11-6-12-18-40)36-41(51(59)62-34-39-15-9-5-10-16-39)19-24-50(58)61-33-38-13-7-4-8-14-38/h4-18,37,41-48,55-56H,19-36H2,1-3H3,(H,54,57)/t37-,41?,42-,43-,44?,45-,46?,47?,48+,52+,53-,64?/m1/s1. The number of aliphatic hydroxyl groups excluding tert-OH is 2. The van der Waals surface area contributed by atoms with E-state index < -0.39 is 25.2 Å². The van der Waals surface area contributed by atoms with Crippen molar-refractivity contribution in [3.05, 3.63) is 108 Å². The van der Waals surface area contributed by atoms with Crippen LogP contribution >= 0.6 is 7.37 Å². The number of rotatable bonds is 20. The van der Waals surface area contributed by atoms with Crippen LogP contribution in [0.5, 0.6) is 0 Å². The van der Waals surface area contributed by atoms with Gasteiger partial charge < -0.3 is 29.5 Å². The summed E-state index contributed by atoms with van der Waals surface area (Å²) in [6.07, 6.45) is 8.14. The Morgan fingerprint density at radius 3 is 2.03 bits per heavy atom. The predicted molar refractivity (Wildman–Crippen MR) is 248 cm³/mol. The van der Waals surface area contributed by atoms with E-state index >= 15 is 0 Å². The minimum absolute atomic E-state index is 0.0248. The fourth-order valence-electron chi connectivity index (χ4n) is 12.7. The average molecular weight is 898 g/mol. The van der Waals surface area contributed by atoms with Crippen LogP contribution in [0.3, 0.4) is 0 Å². The van der Waals surface area contributed by atoms with Gasteiger partial charge in [-0.3, -0.25) is 18.9 Å². The molecule has 0 radical (unpaired) electrons. The smallest absolute Gasteiger partial charge is 0.309 e. The molecule has 0 saturated heterocycles. The third-order valence-electron chi connectivity index (χ3n) is 16.4. The minimum atomic E-state index is -3.65. The molecular formula is C53H72NO9P. The first kappa shape index (κ1) is 48.1. The number of carbonyl (C=O) groups excluding carboxylic acids is 3. The summed E-state index contributed by atoms with van der Waals surface area (Å²) in [6.45, 7) is 7.70. The zero-order chi connectivity index (χ0) is 45.3. The number of esters is 2. The molecule has 0 bridgehead atoms. The monoisotopic (exact) mass is 897 g/mol. The Labute approximate surface area is 381 Å². The molecule has 3 N–H and O–H groups in total. The van der Waals surface area contributed by atoms with Crippen molar-refractivity contribution in [1.82, 2.24) is 5.32 Å². The maximum Gasteiger partial charge on any atom is 0.309 e. The molecule has 7 rings (SSSR count). The van der Waals surface area contributed by atoms with Gasteiger partial charge in [-0.25, -0.2) is 0 Å². The molecule has 4 fully saturated rings. The van der Waals surface area contributed by atoms with Crippen molar-refractivity contribution in [2.24, 2.45) is 52.3 Å². The summed E-state index contributed by atoms with van der Waals surface area (Å²) >= 11 is 0. The molecule has 1 amide bonds. The molecule has 4 aliphatic rings. The number of carbonyl (C=O) groups is 3. The molecule has 4 saturated carbocycles. The molecule has 10 nitrogen and oxygen atoms in total. The number of hydrogen-bond acceptors (Lipinski definition) is 9. The van der Waals surface area contributed by atoms with E-state index in [1.165, 1.54) is 12.8 Å². The summed E-state index contributed by atoms with van der Waals surface area (Å²) < 4.78 is 32.3. The molecule has 348 valence electrons. The molecule has 64 heavy (non-hydrogen) atoms. The van der Waals surface area contributed by atoms with Gasteiger partial charge in [0.25, 0.3) is 0 Å². The van der Waals surface area contributed by atoms with Gasteiger partial charge in [0.05, 0.1) is 24.7 Å². The van der Waals surface area contributed by atoms with Crippen LogP contribution in [-0.4, -0.2) is 59.1 Å². The predicted octanol–water partition coefficient (Wildman–Crippen LogP) is 9.89. The highest BCUT2D eigenvalue weighted by molar-refractivity contribution is 7.59. The van der Waals surface area contributed by atoms with E-state index in [0.717, 1.165) is 61.6 Å². The van der Waals surface area contributed by atoms with Crippen molar-refractivity contribution in [3.63, 3.8) is 0 Å². The molecule has 11 heteroatoms. The first-order valence-corrected chi connectivity index (χ1v) is 26.1. The Balaban J connectivity index is 0.958. The van der Waals surface area contributed by atoms with Gasteiger partial charge in [0, 0.05) is 31.7 Å². The fraction of sp³-hybridized carbons (Fsp3) is 0.604. The highest BCUT2D eigenvalue weighted by Gasteiger charge is 2.63. The van der Waals surface area contributed by atoms with E-state index in [2.05, 4.69) is 26.1 Å². The first-order valence-electron chi connectivity index (χ1n) is 24.1. The van der Waals surface area contributed by atoms with Crippen LogP contribution in [0.25, 0.3) is 0 Å². The molecular weight excluding hydrogens is 826 g/mol. The molecule has 0 heterocycles. The third kappa shape index (κ3) is 11.6. The van der Waals surface area contributed by atoms with Gasteiger partial charge >= 0.3 is 11.9 Å². The van der Waals surface area contributed by atoms with Crippen molar-refractivity contribution >= 4 is 25.2 Å². The zero-order valence-corrected chi connectivity index (χ0v) is 39.2. The highest BCUT2D eigenvalue weighted by Crippen LogP contribution is 2.68. The first-order chi connectivity index (χ1) is 30.8. The highest BCUT2D eigenvalue weighted by atomic mass is 31.2. The van der Waals surface area contributed by atoms with E-state index in [1.54, 1.807) is 0 Å². The van der Waals surface area contributed by atoms with Gasteiger partial charge in [0.15, 0.2) is 0 Å². The van der Waals surface area contributed by atoms with Crippen molar-refractivity contribution < 1.29 is 43.2 Å². The maximum atomic E-state index is 14.8. The lowest BCUT2D eigenvalue weighted by Gasteiger charge is -2.62. The topological polar surface area (TPSA) is 148 Å². The molecule has 12 atom stereocenters. The second-order valence-corrected chi connectivity index (χ2v) is 22.9. The SMILES string of the molecule is C[C@H](CCNC(=O)CCP(=O)(CC(CCC(=O)OCc1ccccc1)C(=O)OCc1ccccc1)OCc1ccccc1)[C@H]1CCC2C3CC[C@@H]4C[C@H](O)CC[C@]4(C)C3C[C@H](O)[C@@]21C. The van der Waals surface area contributed by atoms with Gasteiger partial charge in [0.1, 0.15) is 13.2 Å². The molecule has 5 unspecified atom stereocenters. The Morgan fingerprint density at radius 2 is 1.38 bits per heavy atom. The molecule has 0 spiro atoms. The second kappa shape index (κ2) is 21.7. The van der Waals surface area contributed by atoms with Gasteiger partial charge in [-0.2, -0.15) is 0 Å². The molecule has 3 aromatic carbocycles. The number of amides is 1. The van der Waals surface area contributed by atoms with Gasteiger partial charge in [-0.15, -0.1) is 0 Å². The van der Waals surface area contributed by atoms with Crippen molar-refractivity contribution in [1.29, 1.82) is 0 Å². The Kier molecular flexibility index (Phi) is 16.3. The number of benzene rings is 3. The maximum absolute atomic E-state index is 14.8. The van der Waals surface area contributed by atoms with Crippen LogP contribution in [0.4, 0.5) is 0 Å². The molecule has 0 aromatic heterocycles. The zero-order valence-electron chi connectivity index (χ0n) is 38.3. The number of hydrogen-bond donors (Lipinski definition) is 3. The van der Waals surface area contributed by atoms with Crippen LogP contribution in [0.15, 0.2) is 91.0 Å². The lowest BCUT2D eigenvalue weighted by atomic mass is 9.43. The van der Waals surface area contributed by atoms with E-state index in [4.69, 9.17) is 14.0 Å². The minimum Gasteiger partial charge on any atom is -0.461 e. The lowest BCUT2D eigenvalue weighted by Crippen LogP contribution is -2.58. The normalized spacial score (nSPS) is 30.4. The summed E-state index contributed by atoms with van der Waals surface area (Å²) in [7, 11) is -3.65. The van der Waals surface area contributed by atoms with Crippen molar-refractivity contribution in [2.45, 2.75) is 130 Å². The van der Waals surface area contributed by atoms with Gasteiger partial charge in [-0.1, -0.05) is 112 Å². The average Bonchev–Trinajstić information content (AvgIpc) is 3.67. The molecule has 3 aromatic rings. The molecule has 4 aliphatic carbocycles. The van der Waals surface area contributed by atoms with Crippen LogP contribution < -0.4 is 5.32 Å². The summed E-state index contributed by atoms with van der Waals surface area (Å²) in [4.78, 5) is 40.2. The van der Waals surface area contributed by atoms with Gasteiger partial charge in [0.2, 0.25) is 13.3 Å². The van der Waals surface area contributed by atoms with Crippen LogP contribution in [-0.2, 0) is 52.8 Å². The Morgan fingerprint density at radius 1 is 0.750 bits per heavy atom. The summed E-state index contributed by atoms with van der Waals surface area (Å²) in [5.74, 6) is 0.551. The lowest BCUT2D eigenvalue weighted by molar-refractivity contribution is -0.174. The number of fused-ring (bicyclic) bond motifs is 5. The second-order valence-electron chi connectivity index (χ2n) is 20.2. The number of ether oxygens (including phenoxy) is 2. The van der Waals surface area contributed by atoms with E-state index in [0.29, 0.717) is 42.1 Å². The largest absolute Gasteiger partial charge is 0.461 e.